The number of hydrogen-bond acceptors (Lipinski definition) is 1. The van der Waals surface area contributed by atoms with Crippen molar-refractivity contribution in [3.63, 3.8) is 0 Å². The molecule has 1 aliphatic rings. The van der Waals surface area contributed by atoms with E-state index in [0.717, 1.165) is 12.4 Å². The maximum absolute atomic E-state index is 5.44. The average Bonchev–Trinajstić information content (AvgIpc) is 2.84. The van der Waals surface area contributed by atoms with E-state index in [1.165, 1.54) is 12.0 Å². The molecule has 13 heavy (non-hydrogen) atoms. The van der Waals surface area contributed by atoms with E-state index in [9.17, 15) is 0 Å². The molecule has 0 aromatic heterocycles. The van der Waals surface area contributed by atoms with Gasteiger partial charge in [-0.15, -0.1) is 0 Å². The van der Waals surface area contributed by atoms with Crippen LogP contribution in [0.2, 0.25) is 0 Å². The first-order valence-corrected chi connectivity index (χ1v) is 5.59. The molecular weight excluding hydrogens is 228 g/mol. The van der Waals surface area contributed by atoms with Gasteiger partial charge in [-0.25, -0.2) is 0 Å². The van der Waals surface area contributed by atoms with E-state index < -0.39 is 0 Å². The van der Waals surface area contributed by atoms with E-state index in [-0.39, 0.29) is 0 Å². The summed E-state index contributed by atoms with van der Waals surface area (Å²) in [6.45, 7) is 2.75. The molecule has 2 atom stereocenters. The van der Waals surface area contributed by atoms with Gasteiger partial charge in [0.15, 0.2) is 0 Å². The maximum atomic E-state index is 5.44. The van der Waals surface area contributed by atoms with Crippen LogP contribution < -0.4 is 4.74 Å². The first kappa shape index (κ1) is 9.07. The third-order valence-corrected chi connectivity index (χ3v) is 3.32. The Balaban J connectivity index is 2.13. The zero-order valence-electron chi connectivity index (χ0n) is 7.66. The van der Waals surface area contributed by atoms with Gasteiger partial charge in [0.25, 0.3) is 0 Å². The highest BCUT2D eigenvalue weighted by Gasteiger charge is 2.35. The lowest BCUT2D eigenvalue weighted by Crippen LogP contribution is -1.92. The standard InChI is InChI=1S/C11H13BrO/c1-2-13-9-5-3-4-8(6-9)10-7-11(10)12/h3-6,10-11H,2,7H2,1H3/t10-,11+/m0/s1. The first-order chi connectivity index (χ1) is 6.31. The predicted octanol–water partition coefficient (Wildman–Crippen LogP) is 3.34. The Morgan fingerprint density at radius 1 is 1.54 bits per heavy atom. The largest absolute Gasteiger partial charge is 0.494 e. The average molecular weight is 241 g/mol. The van der Waals surface area contributed by atoms with Crippen LogP contribution >= 0.6 is 15.9 Å². The molecule has 0 heterocycles. The summed E-state index contributed by atoms with van der Waals surface area (Å²) in [5.74, 6) is 1.70. The Labute approximate surface area is 87.2 Å². The molecule has 0 N–H and O–H groups in total. The van der Waals surface area contributed by atoms with Crippen molar-refractivity contribution in [3.8, 4) is 5.75 Å². The molecule has 1 aliphatic carbocycles. The summed E-state index contributed by atoms with van der Waals surface area (Å²) in [7, 11) is 0. The Bertz CT molecular complexity index is 298. The van der Waals surface area contributed by atoms with Crippen LogP contribution in [0.3, 0.4) is 0 Å². The minimum absolute atomic E-state index is 0.685. The molecule has 2 rings (SSSR count). The van der Waals surface area contributed by atoms with Gasteiger partial charge in [0.2, 0.25) is 0 Å². The summed E-state index contributed by atoms with van der Waals surface area (Å²) in [4.78, 5) is 0.685. The monoisotopic (exact) mass is 240 g/mol. The van der Waals surface area contributed by atoms with E-state index in [0.29, 0.717) is 10.7 Å². The van der Waals surface area contributed by atoms with Crippen molar-refractivity contribution >= 4 is 15.9 Å². The van der Waals surface area contributed by atoms with Gasteiger partial charge in [-0.2, -0.15) is 0 Å². The Hall–Kier alpha value is -0.500. The topological polar surface area (TPSA) is 9.23 Å². The molecule has 1 aromatic rings. The van der Waals surface area contributed by atoms with Gasteiger partial charge < -0.3 is 4.74 Å². The van der Waals surface area contributed by atoms with Crippen molar-refractivity contribution in [3.05, 3.63) is 29.8 Å². The van der Waals surface area contributed by atoms with Crippen LogP contribution in [0.15, 0.2) is 24.3 Å². The fourth-order valence-corrected chi connectivity index (χ4v) is 2.22. The Kier molecular flexibility index (Phi) is 2.58. The number of alkyl halides is 1. The molecule has 70 valence electrons. The van der Waals surface area contributed by atoms with Crippen molar-refractivity contribution in [1.29, 1.82) is 0 Å². The van der Waals surface area contributed by atoms with Gasteiger partial charge >= 0.3 is 0 Å². The molecule has 0 saturated heterocycles. The third-order valence-electron chi connectivity index (χ3n) is 2.31. The SMILES string of the molecule is CCOc1cccc([C@@H]2C[C@H]2Br)c1. The van der Waals surface area contributed by atoms with Crippen molar-refractivity contribution in [2.75, 3.05) is 6.61 Å². The predicted molar refractivity (Wildman–Crippen MR) is 57.7 cm³/mol. The van der Waals surface area contributed by atoms with Crippen molar-refractivity contribution in [1.82, 2.24) is 0 Å². The number of halogens is 1. The summed E-state index contributed by atoms with van der Waals surface area (Å²) in [6.07, 6.45) is 1.26. The third kappa shape index (κ3) is 2.05. The highest BCUT2D eigenvalue weighted by molar-refractivity contribution is 9.09. The highest BCUT2D eigenvalue weighted by atomic mass is 79.9. The lowest BCUT2D eigenvalue weighted by molar-refractivity contribution is 0.340. The molecule has 1 saturated carbocycles. The molecule has 1 nitrogen and oxygen atoms in total. The number of ether oxygens (including phenoxy) is 1. The van der Waals surface area contributed by atoms with Gasteiger partial charge in [0.05, 0.1) is 6.61 Å². The van der Waals surface area contributed by atoms with Gasteiger partial charge in [0, 0.05) is 4.83 Å². The maximum Gasteiger partial charge on any atom is 0.119 e. The quantitative estimate of drug-likeness (QED) is 0.737. The van der Waals surface area contributed by atoms with Crippen LogP contribution in [0, 0.1) is 0 Å². The molecule has 1 aromatic carbocycles. The van der Waals surface area contributed by atoms with Crippen molar-refractivity contribution < 1.29 is 4.74 Å². The summed E-state index contributed by atoms with van der Waals surface area (Å²) in [5, 5.41) is 0. The van der Waals surface area contributed by atoms with Gasteiger partial charge in [-0.1, -0.05) is 28.1 Å². The molecule has 0 bridgehead atoms. The summed E-state index contributed by atoms with van der Waals surface area (Å²) >= 11 is 3.61. The minimum atomic E-state index is 0.685. The van der Waals surface area contributed by atoms with Gasteiger partial charge in [-0.3, -0.25) is 0 Å². The summed E-state index contributed by atoms with van der Waals surface area (Å²) in [6, 6.07) is 8.40. The van der Waals surface area contributed by atoms with E-state index in [1.807, 2.05) is 13.0 Å². The normalized spacial score (nSPS) is 25.7. The fourth-order valence-electron chi connectivity index (χ4n) is 1.51. The molecule has 2 heteroatoms. The zero-order chi connectivity index (χ0) is 9.26. The van der Waals surface area contributed by atoms with Gasteiger partial charge in [0.1, 0.15) is 5.75 Å². The lowest BCUT2D eigenvalue weighted by Gasteiger charge is -2.04. The fraction of sp³-hybridized carbons (Fsp3) is 0.455. The zero-order valence-corrected chi connectivity index (χ0v) is 9.25. The van der Waals surface area contributed by atoms with Crippen molar-refractivity contribution in [2.45, 2.75) is 24.1 Å². The van der Waals surface area contributed by atoms with Crippen LogP contribution in [0.5, 0.6) is 5.75 Å². The highest BCUT2D eigenvalue weighted by Crippen LogP contribution is 2.46. The first-order valence-electron chi connectivity index (χ1n) is 4.68. The molecule has 0 spiro atoms. The van der Waals surface area contributed by atoms with E-state index in [4.69, 9.17) is 4.74 Å². The molecule has 0 aliphatic heterocycles. The molecular formula is C11H13BrO. The molecule has 0 radical (unpaired) electrons. The second-order valence-corrected chi connectivity index (χ2v) is 4.54. The van der Waals surface area contributed by atoms with Crippen molar-refractivity contribution in [2.24, 2.45) is 0 Å². The summed E-state index contributed by atoms with van der Waals surface area (Å²) in [5.41, 5.74) is 1.40. The lowest BCUT2D eigenvalue weighted by atomic mass is 10.1. The second kappa shape index (κ2) is 3.70. The number of benzene rings is 1. The number of rotatable bonds is 3. The van der Waals surface area contributed by atoms with E-state index in [2.05, 4.69) is 34.1 Å². The van der Waals surface area contributed by atoms with E-state index in [1.54, 1.807) is 0 Å². The molecule has 0 amide bonds. The van der Waals surface area contributed by atoms with Crippen LogP contribution in [0.1, 0.15) is 24.8 Å². The minimum Gasteiger partial charge on any atom is -0.494 e. The summed E-state index contributed by atoms with van der Waals surface area (Å²) < 4.78 is 5.44. The van der Waals surface area contributed by atoms with E-state index >= 15 is 0 Å². The number of hydrogen-bond donors (Lipinski definition) is 0. The molecule has 1 fully saturated rings. The molecule has 0 unspecified atom stereocenters. The van der Waals surface area contributed by atoms with Crippen LogP contribution in [-0.4, -0.2) is 11.4 Å². The van der Waals surface area contributed by atoms with Crippen LogP contribution in [0.25, 0.3) is 0 Å². The Morgan fingerprint density at radius 2 is 2.31 bits per heavy atom. The van der Waals surface area contributed by atoms with Crippen LogP contribution in [-0.2, 0) is 0 Å². The smallest absolute Gasteiger partial charge is 0.119 e. The second-order valence-electron chi connectivity index (χ2n) is 3.36. The Morgan fingerprint density at radius 3 is 2.92 bits per heavy atom. The van der Waals surface area contributed by atoms with Crippen LogP contribution in [0.4, 0.5) is 0 Å². The van der Waals surface area contributed by atoms with Gasteiger partial charge in [-0.05, 0) is 37.0 Å².